The normalized spacial score (nSPS) is 13.1. The van der Waals surface area contributed by atoms with Gasteiger partial charge in [0.15, 0.2) is 0 Å². The molecular formula is C6H6F3P. The third kappa shape index (κ3) is 1.71. The van der Waals surface area contributed by atoms with E-state index in [0.29, 0.717) is 0 Å². The van der Waals surface area contributed by atoms with Gasteiger partial charge in [-0.3, -0.25) is 0 Å². The van der Waals surface area contributed by atoms with E-state index in [2.05, 4.69) is 0 Å². The van der Waals surface area contributed by atoms with Gasteiger partial charge in [-0.15, -0.1) is 0 Å². The van der Waals surface area contributed by atoms with E-state index in [-0.39, 0.29) is 0 Å². The summed E-state index contributed by atoms with van der Waals surface area (Å²) in [5.74, 6) is 0. The molecule has 0 atom stereocenters. The maximum absolute atomic E-state index is 11.9. The zero-order valence-electron chi connectivity index (χ0n) is 5.02. The average molecular weight is 166 g/mol. The molecule has 0 aliphatic heterocycles. The predicted molar refractivity (Wildman–Crippen MR) is 37.7 cm³/mol. The number of benzene rings is 1. The van der Waals surface area contributed by atoms with Gasteiger partial charge in [-0.1, -0.05) is 0 Å². The van der Waals surface area contributed by atoms with Crippen LogP contribution in [0.1, 0.15) is 0 Å². The Hall–Kier alpha value is -0.560. The second-order valence-electron chi connectivity index (χ2n) is 1.86. The summed E-state index contributed by atoms with van der Waals surface area (Å²) in [7, 11) is -5.53. The van der Waals surface area contributed by atoms with Crippen molar-refractivity contribution in [3.63, 3.8) is 0 Å². The van der Waals surface area contributed by atoms with Crippen LogP contribution < -0.4 is 5.30 Å². The molecule has 10 heavy (non-hydrogen) atoms. The molecule has 0 aliphatic rings. The predicted octanol–water partition coefficient (Wildman–Crippen LogP) is 2.72. The van der Waals surface area contributed by atoms with Gasteiger partial charge in [-0.2, -0.15) is 0 Å². The van der Waals surface area contributed by atoms with E-state index in [4.69, 9.17) is 0 Å². The Balaban J connectivity index is 2.97. The van der Waals surface area contributed by atoms with Crippen LogP contribution in [-0.4, -0.2) is 0 Å². The van der Waals surface area contributed by atoms with Crippen LogP contribution >= 0.6 is 8.19 Å². The molecule has 0 aliphatic carbocycles. The van der Waals surface area contributed by atoms with E-state index in [0.717, 1.165) is 12.1 Å². The van der Waals surface area contributed by atoms with E-state index < -0.39 is 13.5 Å². The standard InChI is InChI=1S/C6H6F3P/c7-10(8,9)6-4-2-1-3-5-6/h1-5,10H. The van der Waals surface area contributed by atoms with Crippen LogP contribution in [0.5, 0.6) is 0 Å². The van der Waals surface area contributed by atoms with Crippen LogP contribution in [0.25, 0.3) is 0 Å². The Morgan fingerprint density at radius 2 is 1.40 bits per heavy atom. The van der Waals surface area contributed by atoms with Crippen molar-refractivity contribution >= 4 is 13.5 Å². The van der Waals surface area contributed by atoms with Gasteiger partial charge in [0.05, 0.1) is 0 Å². The zero-order valence-corrected chi connectivity index (χ0v) is 6.02. The number of halogens is 3. The SMILES string of the molecule is F[PH](F)(F)c1ccccc1. The minimum atomic E-state index is -5.53. The molecule has 0 fully saturated rings. The molecule has 0 radical (unpaired) electrons. The third-order valence-electron chi connectivity index (χ3n) is 1.10. The van der Waals surface area contributed by atoms with Crippen molar-refractivity contribution in [3.05, 3.63) is 30.3 Å². The Morgan fingerprint density at radius 3 is 1.70 bits per heavy atom. The summed E-state index contributed by atoms with van der Waals surface area (Å²) >= 11 is 0. The van der Waals surface area contributed by atoms with Crippen molar-refractivity contribution in [1.82, 2.24) is 0 Å². The van der Waals surface area contributed by atoms with Gasteiger partial charge in [-0.05, 0) is 0 Å². The first kappa shape index (κ1) is 7.55. The molecule has 1 aromatic rings. The van der Waals surface area contributed by atoms with Crippen LogP contribution in [-0.2, 0) is 0 Å². The molecule has 0 amide bonds. The maximum atomic E-state index is 11.9. The molecule has 0 aromatic heterocycles. The quantitative estimate of drug-likeness (QED) is 0.562. The summed E-state index contributed by atoms with van der Waals surface area (Å²) in [5.41, 5.74) is 0. The van der Waals surface area contributed by atoms with Gasteiger partial charge in [-0.25, -0.2) is 0 Å². The first-order chi connectivity index (χ1) is 4.61. The van der Waals surface area contributed by atoms with Crippen molar-refractivity contribution < 1.29 is 12.6 Å². The van der Waals surface area contributed by atoms with Crippen molar-refractivity contribution in [2.24, 2.45) is 0 Å². The van der Waals surface area contributed by atoms with Crippen LogP contribution in [0.3, 0.4) is 0 Å². The van der Waals surface area contributed by atoms with Crippen molar-refractivity contribution in [1.29, 1.82) is 0 Å². The molecule has 0 heterocycles. The summed E-state index contributed by atoms with van der Waals surface area (Å²) < 4.78 is 35.8. The molecule has 1 rings (SSSR count). The van der Waals surface area contributed by atoms with E-state index >= 15 is 0 Å². The molecule has 4 heteroatoms. The molecule has 0 unspecified atom stereocenters. The van der Waals surface area contributed by atoms with E-state index in [1.54, 1.807) is 6.07 Å². The number of rotatable bonds is 1. The summed E-state index contributed by atoms with van der Waals surface area (Å²) in [6.07, 6.45) is 0. The Morgan fingerprint density at radius 1 is 0.900 bits per heavy atom. The molecule has 0 saturated heterocycles. The first-order valence-corrected chi connectivity index (χ1v) is 4.36. The topological polar surface area (TPSA) is 0 Å². The van der Waals surface area contributed by atoms with Crippen molar-refractivity contribution in [2.45, 2.75) is 0 Å². The molecule has 0 saturated carbocycles. The Kier molecular flexibility index (Phi) is 1.95. The second-order valence-corrected chi connectivity index (χ2v) is 3.44. The molecule has 0 N–H and O–H groups in total. The minimum absolute atomic E-state index is 0.463. The van der Waals surface area contributed by atoms with Crippen LogP contribution in [0.4, 0.5) is 12.6 Å². The van der Waals surface area contributed by atoms with E-state index in [1.807, 2.05) is 0 Å². The van der Waals surface area contributed by atoms with Gasteiger partial charge in [0.1, 0.15) is 0 Å². The summed E-state index contributed by atoms with van der Waals surface area (Å²) in [6, 6.07) is 6.58. The molecule has 0 spiro atoms. The third-order valence-corrected chi connectivity index (χ3v) is 2.09. The Bertz CT molecular complexity index is 204. The first-order valence-electron chi connectivity index (χ1n) is 2.73. The summed E-state index contributed by atoms with van der Waals surface area (Å²) in [5, 5.41) is -0.463. The number of hydrogen-bond donors (Lipinski definition) is 0. The monoisotopic (exact) mass is 166 g/mol. The molecule has 56 valence electrons. The van der Waals surface area contributed by atoms with Gasteiger partial charge in [0.25, 0.3) is 0 Å². The van der Waals surface area contributed by atoms with Gasteiger partial charge in [0, 0.05) is 0 Å². The number of hydrogen-bond acceptors (Lipinski definition) is 0. The second kappa shape index (κ2) is 2.59. The van der Waals surface area contributed by atoms with Crippen LogP contribution in [0, 0.1) is 0 Å². The van der Waals surface area contributed by atoms with Crippen LogP contribution in [0.2, 0.25) is 0 Å². The molecule has 1 aromatic carbocycles. The fourth-order valence-corrected chi connectivity index (χ4v) is 1.20. The van der Waals surface area contributed by atoms with E-state index in [1.165, 1.54) is 12.1 Å². The fourth-order valence-electron chi connectivity index (χ4n) is 0.627. The van der Waals surface area contributed by atoms with Gasteiger partial charge < -0.3 is 0 Å². The van der Waals surface area contributed by atoms with E-state index in [9.17, 15) is 12.6 Å². The molecule has 0 bridgehead atoms. The average Bonchev–Trinajstić information content (AvgIpc) is 1.88. The Labute approximate surface area is 57.4 Å². The van der Waals surface area contributed by atoms with Gasteiger partial charge >= 0.3 is 56.4 Å². The zero-order chi connectivity index (χ0) is 7.61. The summed E-state index contributed by atoms with van der Waals surface area (Å²) in [4.78, 5) is 0. The molecule has 0 nitrogen and oxygen atoms in total. The van der Waals surface area contributed by atoms with Gasteiger partial charge in [0.2, 0.25) is 0 Å². The fraction of sp³-hybridized carbons (Fsp3) is 0. The van der Waals surface area contributed by atoms with Crippen molar-refractivity contribution in [2.75, 3.05) is 0 Å². The summed E-state index contributed by atoms with van der Waals surface area (Å²) in [6.45, 7) is 0. The molecular weight excluding hydrogens is 160 g/mol. The van der Waals surface area contributed by atoms with Crippen molar-refractivity contribution in [3.8, 4) is 0 Å². The van der Waals surface area contributed by atoms with Crippen LogP contribution in [0.15, 0.2) is 30.3 Å².